The molecule has 2 aliphatic heterocycles. The molecule has 0 atom stereocenters. The molecule has 5 rings (SSSR count). The van der Waals surface area contributed by atoms with Crippen LogP contribution in [-0.4, -0.2) is 56.3 Å². The van der Waals surface area contributed by atoms with E-state index in [1.807, 2.05) is 19.9 Å². The summed E-state index contributed by atoms with van der Waals surface area (Å²) in [6.45, 7) is 7.25. The van der Waals surface area contributed by atoms with E-state index >= 15 is 0 Å². The van der Waals surface area contributed by atoms with Crippen LogP contribution in [0.2, 0.25) is 0 Å². The lowest BCUT2D eigenvalue weighted by Crippen LogP contribution is -2.33. The number of H-pyrrole nitrogens is 1. The topological polar surface area (TPSA) is 111 Å². The van der Waals surface area contributed by atoms with E-state index in [9.17, 15) is 18.0 Å². The Hall–Kier alpha value is -3.69. The number of carbonyl (C=O) groups is 2. The van der Waals surface area contributed by atoms with Gasteiger partial charge in [0.25, 0.3) is 11.8 Å². The highest BCUT2D eigenvalue weighted by atomic mass is 32.2. The summed E-state index contributed by atoms with van der Waals surface area (Å²) in [7, 11) is -3.62. The van der Waals surface area contributed by atoms with E-state index in [4.69, 9.17) is 0 Å². The molecule has 2 amide bonds. The Morgan fingerprint density at radius 3 is 2.55 bits per heavy atom. The zero-order chi connectivity index (χ0) is 26.9. The van der Waals surface area contributed by atoms with E-state index in [0.29, 0.717) is 45.9 Å². The third-order valence-corrected chi connectivity index (χ3v) is 8.92. The lowest BCUT2D eigenvalue weighted by atomic mass is 10.0. The molecule has 8 nitrogen and oxygen atoms in total. The SMILES string of the molecule is Cc1[nH]c(/C=C2\C(=O)Nc3ccc(S(=O)(=O)Cc4ccccc4)cc32)c(C)c1C(=O)NCCN1CCCC1. The largest absolute Gasteiger partial charge is 0.358 e. The summed E-state index contributed by atoms with van der Waals surface area (Å²) in [6, 6.07) is 13.7. The highest BCUT2D eigenvalue weighted by Crippen LogP contribution is 2.36. The third kappa shape index (κ3) is 5.30. The van der Waals surface area contributed by atoms with Crippen molar-refractivity contribution in [2.75, 3.05) is 31.5 Å². The molecule has 0 unspecified atom stereocenters. The lowest BCUT2D eigenvalue weighted by molar-refractivity contribution is -0.110. The summed E-state index contributed by atoms with van der Waals surface area (Å²) < 4.78 is 26.2. The molecule has 9 heteroatoms. The molecule has 38 heavy (non-hydrogen) atoms. The molecule has 3 aromatic rings. The first-order valence-electron chi connectivity index (χ1n) is 12.9. The van der Waals surface area contributed by atoms with Gasteiger partial charge in [0.2, 0.25) is 0 Å². The fraction of sp³-hybridized carbons (Fsp3) is 0.310. The average molecular weight is 533 g/mol. The highest BCUT2D eigenvalue weighted by Gasteiger charge is 2.28. The van der Waals surface area contributed by atoms with Gasteiger partial charge in [-0.3, -0.25) is 9.59 Å². The molecule has 0 bridgehead atoms. The van der Waals surface area contributed by atoms with E-state index in [1.165, 1.54) is 18.9 Å². The van der Waals surface area contributed by atoms with Gasteiger partial charge >= 0.3 is 0 Å². The molecule has 0 saturated carbocycles. The van der Waals surface area contributed by atoms with Crippen LogP contribution < -0.4 is 10.6 Å². The second-order valence-corrected chi connectivity index (χ2v) is 11.9. The number of hydrogen-bond acceptors (Lipinski definition) is 5. The highest BCUT2D eigenvalue weighted by molar-refractivity contribution is 7.90. The van der Waals surface area contributed by atoms with Crippen LogP contribution in [0, 0.1) is 13.8 Å². The number of rotatable bonds is 8. The Kier molecular flexibility index (Phi) is 7.23. The summed E-state index contributed by atoms with van der Waals surface area (Å²) >= 11 is 0. The van der Waals surface area contributed by atoms with Gasteiger partial charge in [0.05, 0.1) is 21.8 Å². The molecule has 0 aliphatic carbocycles. The molecule has 198 valence electrons. The van der Waals surface area contributed by atoms with Crippen LogP contribution >= 0.6 is 0 Å². The number of aromatic nitrogens is 1. The number of benzene rings is 2. The molecule has 1 saturated heterocycles. The van der Waals surface area contributed by atoms with Crippen LogP contribution in [-0.2, 0) is 20.4 Å². The van der Waals surface area contributed by atoms with Crippen molar-refractivity contribution in [2.45, 2.75) is 37.3 Å². The van der Waals surface area contributed by atoms with Gasteiger partial charge in [-0.2, -0.15) is 0 Å². The summed E-state index contributed by atoms with van der Waals surface area (Å²) in [5.41, 5.74) is 4.78. The first-order valence-corrected chi connectivity index (χ1v) is 14.5. The molecule has 0 radical (unpaired) electrons. The van der Waals surface area contributed by atoms with Gasteiger partial charge < -0.3 is 20.5 Å². The Balaban J connectivity index is 1.39. The van der Waals surface area contributed by atoms with Gasteiger partial charge in [0.1, 0.15) is 0 Å². The summed E-state index contributed by atoms with van der Waals surface area (Å²) in [5.74, 6) is -0.593. The van der Waals surface area contributed by atoms with E-state index in [2.05, 4.69) is 20.5 Å². The standard InChI is InChI=1S/C29H32N4O4S/c1-19-26(31-20(2)27(19)29(35)30-12-15-33-13-6-7-14-33)17-24-23-16-22(10-11-25(23)32-28(24)34)38(36,37)18-21-8-4-3-5-9-21/h3-5,8-11,16-17,31H,6-7,12-15,18H2,1-2H3,(H,30,35)(H,32,34)/b24-17-. The molecule has 1 aromatic heterocycles. The molecular weight excluding hydrogens is 500 g/mol. The number of amides is 2. The normalized spacial score (nSPS) is 16.6. The van der Waals surface area contributed by atoms with Crippen LogP contribution in [0.1, 0.15) is 51.3 Å². The zero-order valence-electron chi connectivity index (χ0n) is 21.6. The Labute approximate surface area is 223 Å². The maximum absolute atomic E-state index is 13.1. The number of nitrogens with one attached hydrogen (secondary N) is 3. The minimum Gasteiger partial charge on any atom is -0.358 e. The number of fused-ring (bicyclic) bond motifs is 1. The van der Waals surface area contributed by atoms with Crippen molar-refractivity contribution in [2.24, 2.45) is 0 Å². The fourth-order valence-corrected chi connectivity index (χ4v) is 6.58. The smallest absolute Gasteiger partial charge is 0.256 e. The number of anilines is 1. The van der Waals surface area contributed by atoms with Crippen molar-refractivity contribution >= 4 is 39.0 Å². The van der Waals surface area contributed by atoms with Crippen LogP contribution in [0.3, 0.4) is 0 Å². The van der Waals surface area contributed by atoms with Gasteiger partial charge in [0, 0.05) is 35.7 Å². The Morgan fingerprint density at radius 1 is 1.08 bits per heavy atom. The Bertz CT molecular complexity index is 1520. The number of hydrogen-bond donors (Lipinski definition) is 3. The van der Waals surface area contributed by atoms with Crippen LogP contribution in [0.5, 0.6) is 0 Å². The average Bonchev–Trinajstić information content (AvgIpc) is 3.58. The minimum absolute atomic E-state index is 0.127. The van der Waals surface area contributed by atoms with Crippen molar-refractivity contribution in [3.05, 3.63) is 82.2 Å². The van der Waals surface area contributed by atoms with Gasteiger partial charge in [-0.15, -0.1) is 0 Å². The fourth-order valence-electron chi connectivity index (χ4n) is 5.21. The number of carbonyl (C=O) groups excluding carboxylic acids is 2. The number of aromatic amines is 1. The number of likely N-dealkylation sites (tertiary alicyclic amines) is 1. The monoisotopic (exact) mass is 532 g/mol. The molecule has 2 aromatic carbocycles. The Morgan fingerprint density at radius 2 is 1.82 bits per heavy atom. The third-order valence-electron chi connectivity index (χ3n) is 7.24. The van der Waals surface area contributed by atoms with E-state index in [1.54, 1.807) is 42.5 Å². The van der Waals surface area contributed by atoms with Crippen molar-refractivity contribution in [3.63, 3.8) is 0 Å². The predicted molar refractivity (Wildman–Crippen MR) is 149 cm³/mol. The van der Waals surface area contributed by atoms with E-state index in [0.717, 1.165) is 25.2 Å². The van der Waals surface area contributed by atoms with Gasteiger partial charge in [-0.1, -0.05) is 30.3 Å². The van der Waals surface area contributed by atoms with Crippen molar-refractivity contribution in [1.29, 1.82) is 0 Å². The summed E-state index contributed by atoms with van der Waals surface area (Å²) in [4.78, 5) is 31.6. The molecule has 2 aliphatic rings. The van der Waals surface area contributed by atoms with Gasteiger partial charge in [-0.25, -0.2) is 8.42 Å². The zero-order valence-corrected chi connectivity index (χ0v) is 22.5. The second-order valence-electron chi connectivity index (χ2n) is 9.93. The number of aryl methyl sites for hydroxylation is 1. The van der Waals surface area contributed by atoms with Crippen molar-refractivity contribution < 1.29 is 18.0 Å². The maximum atomic E-state index is 13.1. The molecule has 1 fully saturated rings. The van der Waals surface area contributed by atoms with Crippen LogP contribution in [0.15, 0.2) is 53.4 Å². The number of sulfone groups is 1. The first-order chi connectivity index (χ1) is 18.2. The van der Waals surface area contributed by atoms with E-state index < -0.39 is 9.84 Å². The van der Waals surface area contributed by atoms with Gasteiger partial charge in [0.15, 0.2) is 9.84 Å². The number of nitrogens with zero attached hydrogens (tertiary/aromatic N) is 1. The summed E-state index contributed by atoms with van der Waals surface area (Å²) in [6.07, 6.45) is 4.11. The van der Waals surface area contributed by atoms with Crippen molar-refractivity contribution in [1.82, 2.24) is 15.2 Å². The lowest BCUT2D eigenvalue weighted by Gasteiger charge is -2.14. The molecule has 3 heterocycles. The second kappa shape index (κ2) is 10.6. The van der Waals surface area contributed by atoms with Crippen molar-refractivity contribution in [3.8, 4) is 0 Å². The van der Waals surface area contributed by atoms with E-state index in [-0.39, 0.29) is 22.5 Å². The molecule has 3 N–H and O–H groups in total. The quantitative estimate of drug-likeness (QED) is 0.381. The first kappa shape index (κ1) is 25.9. The minimum atomic E-state index is -3.62. The predicted octanol–water partition coefficient (Wildman–Crippen LogP) is 3.92. The summed E-state index contributed by atoms with van der Waals surface area (Å²) in [5, 5.41) is 5.83. The van der Waals surface area contributed by atoms with Crippen LogP contribution in [0.4, 0.5) is 5.69 Å². The van der Waals surface area contributed by atoms with Crippen LogP contribution in [0.25, 0.3) is 11.6 Å². The van der Waals surface area contributed by atoms with Gasteiger partial charge in [-0.05, 0) is 75.2 Å². The molecule has 0 spiro atoms. The maximum Gasteiger partial charge on any atom is 0.256 e. The molecular formula is C29H32N4O4S.